The lowest BCUT2D eigenvalue weighted by Crippen LogP contribution is -2.68. The number of aliphatic hydroxyl groups excluding tert-OH is 1. The number of fused-ring (bicyclic) bond motifs is 2. The second-order valence-electron chi connectivity index (χ2n) is 22.2. The molecule has 5 fully saturated rings. The van der Waals surface area contributed by atoms with Crippen molar-refractivity contribution >= 4 is 40.3 Å². The van der Waals surface area contributed by atoms with Crippen molar-refractivity contribution in [3.8, 4) is 39.2 Å². The Hall–Kier alpha value is -7.17. The summed E-state index contributed by atoms with van der Waals surface area (Å²) in [7, 11) is 2.01. The minimum atomic E-state index is -0.870. The minimum absolute atomic E-state index is 0.0265. The summed E-state index contributed by atoms with van der Waals surface area (Å²) in [5, 5.41) is 37.5. The first kappa shape index (κ1) is 53.8. The number of nitrogens with zero attached hydrogens (tertiary/aromatic N) is 11. The Kier molecular flexibility index (Phi) is 15.9. The molecule has 6 aromatic rings. The van der Waals surface area contributed by atoms with Gasteiger partial charge in [-0.15, -0.1) is 21.5 Å². The molecule has 0 spiro atoms. The quantitative estimate of drug-likeness (QED) is 0.0791. The van der Waals surface area contributed by atoms with Crippen LogP contribution in [0.2, 0.25) is 0 Å². The average molecular weight is 1090 g/mol. The Labute approximate surface area is 464 Å². The number of carbonyl (C=O) groups is 2. The molecule has 11 rings (SSSR count). The summed E-state index contributed by atoms with van der Waals surface area (Å²) in [6.45, 7) is 15.6. The number of anilines is 3. The molecule has 21 heteroatoms. The van der Waals surface area contributed by atoms with Crippen LogP contribution in [0.15, 0.2) is 101 Å². The Bertz CT molecular complexity index is 3130. The number of carbonyl (C=O) groups excluding carboxylic acids is 2. The number of nitrogens with one attached hydrogen (secondary N) is 1. The SMILES string of the molecule is CC(C)=C[C@H](C(=O)N1C[C@H](O)C[C@H]1C(=O)NC1(c2ccc(-c3scnc3C)cc2)CN(C)C1)c1cc(OCCN2CCN(CCOc3cc(N4CC5CCN(c6cc(-c7ccccc7O)nnc6N)CC4C5)ccn3)CC2)no1. The van der Waals surface area contributed by atoms with Gasteiger partial charge in [-0.1, -0.05) is 48.0 Å². The van der Waals surface area contributed by atoms with Crippen LogP contribution in [0.1, 0.15) is 56.0 Å². The number of thiazole rings is 1. The number of aromatic nitrogens is 5. The molecular formula is C58H71N13O7S. The number of rotatable bonds is 18. The predicted octanol–water partition coefficient (Wildman–Crippen LogP) is 5.40. The van der Waals surface area contributed by atoms with Crippen molar-refractivity contribution in [1.82, 2.24) is 50.2 Å². The number of hydrogen-bond donors (Lipinski definition) is 4. The Morgan fingerprint density at radius 3 is 2.37 bits per heavy atom. The van der Waals surface area contributed by atoms with E-state index >= 15 is 0 Å². The maximum atomic E-state index is 14.5. The molecule has 0 radical (unpaired) electrons. The van der Waals surface area contributed by atoms with Crippen LogP contribution in [0, 0.1) is 12.8 Å². The van der Waals surface area contributed by atoms with Crippen LogP contribution in [0.5, 0.6) is 17.5 Å². The van der Waals surface area contributed by atoms with Crippen LogP contribution < -0.4 is 30.3 Å². The second kappa shape index (κ2) is 23.3. The molecule has 5 N–H and O–H groups in total. The summed E-state index contributed by atoms with van der Waals surface area (Å²) in [6.07, 6.45) is 5.03. The molecule has 5 atom stereocenters. The van der Waals surface area contributed by atoms with Gasteiger partial charge in [-0.25, -0.2) is 9.97 Å². The molecule has 79 heavy (non-hydrogen) atoms. The molecule has 2 bridgehead atoms. The van der Waals surface area contributed by atoms with E-state index in [9.17, 15) is 19.8 Å². The highest BCUT2D eigenvalue weighted by Crippen LogP contribution is 2.40. The first-order valence-electron chi connectivity index (χ1n) is 27.5. The van der Waals surface area contributed by atoms with Gasteiger partial charge in [0.2, 0.25) is 17.7 Å². The highest BCUT2D eigenvalue weighted by molar-refractivity contribution is 7.13. The van der Waals surface area contributed by atoms with Gasteiger partial charge in [0, 0.05) is 121 Å². The average Bonchev–Trinajstić information content (AvgIpc) is 4.29. The molecule has 5 aliphatic heterocycles. The van der Waals surface area contributed by atoms with E-state index in [0.717, 1.165) is 104 Å². The van der Waals surface area contributed by atoms with Gasteiger partial charge in [0.15, 0.2) is 11.6 Å². The number of nitrogens with two attached hydrogens (primary N) is 1. The molecular weight excluding hydrogens is 1020 g/mol. The lowest BCUT2D eigenvalue weighted by atomic mass is 9.82. The van der Waals surface area contributed by atoms with Gasteiger partial charge in [-0.05, 0) is 87.1 Å². The van der Waals surface area contributed by atoms with Gasteiger partial charge in [-0.3, -0.25) is 19.4 Å². The van der Waals surface area contributed by atoms with Crippen LogP contribution in [0.25, 0.3) is 21.7 Å². The molecule has 5 saturated heterocycles. The maximum Gasteiger partial charge on any atom is 0.254 e. The van der Waals surface area contributed by atoms with E-state index in [1.54, 1.807) is 29.5 Å². The topological polar surface area (TPSA) is 228 Å². The third-order valence-corrected chi connectivity index (χ3v) is 17.2. The smallest absolute Gasteiger partial charge is 0.254 e. The molecule has 5 aliphatic rings. The van der Waals surface area contributed by atoms with Crippen molar-refractivity contribution in [3.05, 3.63) is 113 Å². The summed E-state index contributed by atoms with van der Waals surface area (Å²) in [6, 6.07) is 22.5. The van der Waals surface area contributed by atoms with Gasteiger partial charge in [-0.2, -0.15) is 0 Å². The van der Waals surface area contributed by atoms with E-state index in [2.05, 4.69) is 91.5 Å². The Morgan fingerprint density at radius 1 is 0.911 bits per heavy atom. The number of nitrogen functional groups attached to an aromatic ring is 1. The molecule has 2 amide bonds. The summed E-state index contributed by atoms with van der Waals surface area (Å²) >= 11 is 1.60. The zero-order valence-electron chi connectivity index (χ0n) is 45.4. The first-order chi connectivity index (χ1) is 38.2. The van der Waals surface area contributed by atoms with Crippen molar-refractivity contribution in [2.45, 2.75) is 69.7 Å². The zero-order chi connectivity index (χ0) is 54.8. The number of aromatic hydroxyl groups is 1. The van der Waals surface area contributed by atoms with Crippen molar-refractivity contribution in [3.63, 3.8) is 0 Å². The number of likely N-dealkylation sites (N-methyl/N-ethyl adjacent to an activating group) is 1. The lowest BCUT2D eigenvalue weighted by Gasteiger charge is -2.50. The summed E-state index contributed by atoms with van der Waals surface area (Å²) < 4.78 is 18.1. The molecule has 20 nitrogen and oxygen atoms in total. The number of para-hydroxylation sites is 1. The molecule has 4 aromatic heterocycles. The van der Waals surface area contributed by atoms with Gasteiger partial charge in [0.05, 0.1) is 39.1 Å². The van der Waals surface area contributed by atoms with E-state index in [1.807, 2.05) is 63.8 Å². The highest BCUT2D eigenvalue weighted by Gasteiger charge is 2.48. The van der Waals surface area contributed by atoms with E-state index in [-0.39, 0.29) is 42.5 Å². The molecule has 2 unspecified atom stereocenters. The third kappa shape index (κ3) is 11.9. The van der Waals surface area contributed by atoms with Crippen LogP contribution in [-0.4, -0.2) is 184 Å². The minimum Gasteiger partial charge on any atom is -0.507 e. The Balaban J connectivity index is 0.636. The number of pyridine rings is 1. The van der Waals surface area contributed by atoms with Crippen molar-refractivity contribution < 1.29 is 33.8 Å². The number of allylic oxidation sites excluding steroid dienone is 1. The van der Waals surface area contributed by atoms with Crippen LogP contribution in [0.4, 0.5) is 17.2 Å². The van der Waals surface area contributed by atoms with Gasteiger partial charge < -0.3 is 54.9 Å². The number of phenols is 1. The number of amides is 2. The lowest BCUT2D eigenvalue weighted by molar-refractivity contribution is -0.141. The summed E-state index contributed by atoms with van der Waals surface area (Å²) in [5.74, 6) is 0.761. The van der Waals surface area contributed by atoms with Gasteiger partial charge in [0.25, 0.3) is 5.88 Å². The number of benzene rings is 2. The maximum absolute atomic E-state index is 14.5. The molecule has 0 aliphatic carbocycles. The second-order valence-corrected chi connectivity index (χ2v) is 23.0. The number of aryl methyl sites for hydroxylation is 1. The normalized spacial score (nSPS) is 21.8. The highest BCUT2D eigenvalue weighted by atomic mass is 32.1. The molecule has 0 saturated carbocycles. The van der Waals surface area contributed by atoms with Crippen LogP contribution in [0.3, 0.4) is 0 Å². The fourth-order valence-corrected chi connectivity index (χ4v) is 13.0. The Morgan fingerprint density at radius 2 is 1.66 bits per heavy atom. The number of likely N-dealkylation sites (tertiary alicyclic amines) is 2. The van der Waals surface area contributed by atoms with E-state index in [0.29, 0.717) is 67.5 Å². The number of aliphatic hydroxyl groups is 1. The van der Waals surface area contributed by atoms with Crippen molar-refractivity contribution in [1.29, 1.82) is 0 Å². The number of ether oxygens (including phenoxy) is 2. The van der Waals surface area contributed by atoms with E-state index < -0.39 is 23.6 Å². The standard InChI is InChI=1S/C58H71N13O7S/c1-37(2)25-46(57(75)71-33-44(72)28-49(71)56(74)62-58(34-66(4)35-58)41-11-9-40(10-12-41)54-38(3)61-36-79-54)51-30-53(65-78-51)77-24-22-68-19-17-67(18-20-68)21-23-76-52-27-42(13-15-60-52)70-31-39-14-16-69(32-43(70)26-39)48-29-47(63-64-55(48)59)45-7-5-6-8-50(45)73/h5-13,15,25,27,29-30,36,39,43-44,46,49,72-73H,14,16-24,26,28,31-35H2,1-4H3,(H2,59,64)(H,62,74)/t39?,43?,44-,46+,49+/m1/s1. The molecule has 416 valence electrons. The van der Waals surface area contributed by atoms with Crippen LogP contribution >= 0.6 is 11.3 Å². The summed E-state index contributed by atoms with van der Waals surface area (Å²) in [5.41, 5.74) is 14.7. The van der Waals surface area contributed by atoms with E-state index in [4.69, 9.17) is 19.7 Å². The fourth-order valence-electron chi connectivity index (χ4n) is 12.2. The number of hydrogen-bond acceptors (Lipinski definition) is 19. The van der Waals surface area contributed by atoms with E-state index in [1.165, 1.54) is 4.90 Å². The largest absolute Gasteiger partial charge is 0.507 e. The first-order valence-corrected chi connectivity index (χ1v) is 28.3. The molecule has 2 aromatic carbocycles. The number of β-amino-alcohol motifs (C(OH)–C–C–N with tert-alkyl or cyclic N) is 1. The fraction of sp³-hybridized carbons (Fsp3) is 0.466. The number of phenolic OH excluding ortho intramolecular Hbond substituents is 1. The third-order valence-electron chi connectivity index (χ3n) is 16.2. The van der Waals surface area contributed by atoms with Gasteiger partial charge in [0.1, 0.15) is 30.9 Å². The molecule has 9 heterocycles. The van der Waals surface area contributed by atoms with Gasteiger partial charge >= 0.3 is 0 Å². The van der Waals surface area contributed by atoms with Crippen molar-refractivity contribution in [2.75, 3.05) is 114 Å². The zero-order valence-corrected chi connectivity index (χ0v) is 46.2. The summed E-state index contributed by atoms with van der Waals surface area (Å²) in [4.78, 5) is 52.0. The predicted molar refractivity (Wildman–Crippen MR) is 302 cm³/mol. The van der Waals surface area contributed by atoms with Crippen LogP contribution in [-0.2, 0) is 15.1 Å². The number of piperazine rings is 1. The monoisotopic (exact) mass is 1090 g/mol. The van der Waals surface area contributed by atoms with Crippen molar-refractivity contribution in [2.24, 2.45) is 5.92 Å².